The van der Waals surface area contributed by atoms with Crippen LogP contribution >= 0.6 is 35.0 Å². The molecule has 0 saturated carbocycles. The van der Waals surface area contributed by atoms with E-state index in [2.05, 4.69) is 5.32 Å². The lowest BCUT2D eigenvalue weighted by Gasteiger charge is -2.07. The standard InChI is InChI=1S/C14H9Cl2F2NOS/c15-8-1-3-10(16)13(5-8)19-14(20)7-21-9-2-4-11(17)12(18)6-9/h1-6H,7H2,(H,19,20). The average molecular weight is 348 g/mol. The lowest BCUT2D eigenvalue weighted by molar-refractivity contribution is -0.113. The van der Waals surface area contributed by atoms with Crippen LogP contribution in [-0.4, -0.2) is 11.7 Å². The van der Waals surface area contributed by atoms with Crippen molar-refractivity contribution >= 4 is 46.6 Å². The van der Waals surface area contributed by atoms with E-state index < -0.39 is 11.6 Å². The average Bonchev–Trinajstić information content (AvgIpc) is 2.44. The molecule has 1 N–H and O–H groups in total. The van der Waals surface area contributed by atoms with E-state index in [4.69, 9.17) is 23.2 Å². The van der Waals surface area contributed by atoms with E-state index in [0.29, 0.717) is 20.6 Å². The van der Waals surface area contributed by atoms with E-state index in [1.807, 2.05) is 0 Å². The summed E-state index contributed by atoms with van der Waals surface area (Å²) in [5.41, 5.74) is 0.403. The molecule has 0 aliphatic carbocycles. The van der Waals surface area contributed by atoms with Gasteiger partial charge in [0.05, 0.1) is 16.5 Å². The fraction of sp³-hybridized carbons (Fsp3) is 0.0714. The smallest absolute Gasteiger partial charge is 0.234 e. The van der Waals surface area contributed by atoms with Gasteiger partial charge in [-0.15, -0.1) is 11.8 Å². The maximum absolute atomic E-state index is 13.0. The Morgan fingerprint density at radius 2 is 1.86 bits per heavy atom. The summed E-state index contributed by atoms with van der Waals surface area (Å²) in [4.78, 5) is 12.3. The van der Waals surface area contributed by atoms with Crippen molar-refractivity contribution < 1.29 is 13.6 Å². The van der Waals surface area contributed by atoms with E-state index in [-0.39, 0.29) is 11.7 Å². The first-order chi connectivity index (χ1) is 9.95. The molecule has 110 valence electrons. The zero-order valence-electron chi connectivity index (χ0n) is 10.5. The number of hydrogen-bond acceptors (Lipinski definition) is 2. The first-order valence-electron chi connectivity index (χ1n) is 5.78. The second-order valence-corrected chi connectivity index (χ2v) is 5.93. The summed E-state index contributed by atoms with van der Waals surface area (Å²) in [6, 6.07) is 8.17. The Balaban J connectivity index is 1.95. The Morgan fingerprint density at radius 1 is 1.10 bits per heavy atom. The number of carbonyl (C=O) groups excluding carboxylic acids is 1. The van der Waals surface area contributed by atoms with Gasteiger partial charge in [-0.05, 0) is 36.4 Å². The molecule has 0 heterocycles. The Kier molecular flexibility index (Phi) is 5.45. The lowest BCUT2D eigenvalue weighted by Crippen LogP contribution is -2.14. The first kappa shape index (κ1) is 16.1. The van der Waals surface area contributed by atoms with Crippen molar-refractivity contribution in [3.05, 3.63) is 58.1 Å². The maximum atomic E-state index is 13.0. The third-order valence-corrected chi connectivity index (χ3v) is 4.02. The first-order valence-corrected chi connectivity index (χ1v) is 7.52. The Labute approximate surface area is 134 Å². The molecular weight excluding hydrogens is 339 g/mol. The van der Waals surface area contributed by atoms with E-state index in [1.165, 1.54) is 12.1 Å². The van der Waals surface area contributed by atoms with Crippen molar-refractivity contribution in [2.75, 3.05) is 11.1 Å². The summed E-state index contributed by atoms with van der Waals surface area (Å²) >= 11 is 12.8. The summed E-state index contributed by atoms with van der Waals surface area (Å²) in [5, 5.41) is 3.42. The molecule has 0 bridgehead atoms. The summed E-state index contributed by atoms with van der Waals surface area (Å²) in [6.45, 7) is 0. The van der Waals surface area contributed by atoms with Gasteiger partial charge >= 0.3 is 0 Å². The van der Waals surface area contributed by atoms with Crippen LogP contribution in [0, 0.1) is 11.6 Å². The molecule has 2 nitrogen and oxygen atoms in total. The Morgan fingerprint density at radius 3 is 2.57 bits per heavy atom. The summed E-state index contributed by atoms with van der Waals surface area (Å²) in [5.74, 6) is -2.16. The minimum Gasteiger partial charge on any atom is -0.324 e. The fourth-order valence-electron chi connectivity index (χ4n) is 1.50. The predicted octanol–water partition coefficient (Wildman–Crippen LogP) is 5.00. The van der Waals surface area contributed by atoms with Crippen molar-refractivity contribution in [1.29, 1.82) is 0 Å². The van der Waals surface area contributed by atoms with Gasteiger partial charge in [-0.3, -0.25) is 4.79 Å². The molecule has 0 aromatic heterocycles. The molecule has 0 aliphatic rings. The van der Waals surface area contributed by atoms with Crippen LogP contribution in [0.4, 0.5) is 14.5 Å². The Bertz CT molecular complexity index is 682. The van der Waals surface area contributed by atoms with Gasteiger partial charge in [0.2, 0.25) is 5.91 Å². The molecule has 0 fully saturated rings. The summed E-state index contributed by atoms with van der Waals surface area (Å²) in [6.07, 6.45) is 0. The zero-order valence-corrected chi connectivity index (χ0v) is 12.8. The van der Waals surface area contributed by atoms with Gasteiger partial charge in [0, 0.05) is 9.92 Å². The normalized spacial score (nSPS) is 10.5. The quantitative estimate of drug-likeness (QED) is 0.788. The second-order valence-electron chi connectivity index (χ2n) is 4.04. The fourth-order valence-corrected chi connectivity index (χ4v) is 2.55. The number of thioether (sulfide) groups is 1. The van der Waals surface area contributed by atoms with E-state index in [1.54, 1.807) is 12.1 Å². The van der Waals surface area contributed by atoms with Crippen LogP contribution in [0.2, 0.25) is 10.0 Å². The van der Waals surface area contributed by atoms with E-state index >= 15 is 0 Å². The van der Waals surface area contributed by atoms with Crippen LogP contribution in [0.5, 0.6) is 0 Å². The number of carbonyl (C=O) groups is 1. The molecule has 0 atom stereocenters. The number of benzene rings is 2. The maximum Gasteiger partial charge on any atom is 0.234 e. The van der Waals surface area contributed by atoms with Crippen LogP contribution in [0.25, 0.3) is 0 Å². The highest BCUT2D eigenvalue weighted by atomic mass is 35.5. The van der Waals surface area contributed by atoms with Crippen molar-refractivity contribution in [2.45, 2.75) is 4.90 Å². The molecule has 0 saturated heterocycles. The van der Waals surface area contributed by atoms with Crippen LogP contribution in [-0.2, 0) is 4.79 Å². The molecule has 1 amide bonds. The number of rotatable bonds is 4. The number of hydrogen-bond donors (Lipinski definition) is 1. The minimum atomic E-state index is -0.946. The van der Waals surface area contributed by atoms with Gasteiger partial charge in [-0.25, -0.2) is 8.78 Å². The largest absolute Gasteiger partial charge is 0.324 e. The molecule has 21 heavy (non-hydrogen) atoms. The number of nitrogens with one attached hydrogen (secondary N) is 1. The van der Waals surface area contributed by atoms with E-state index in [0.717, 1.165) is 23.9 Å². The highest BCUT2D eigenvalue weighted by Gasteiger charge is 2.09. The lowest BCUT2D eigenvalue weighted by atomic mass is 10.3. The minimum absolute atomic E-state index is 0.0356. The molecule has 0 spiro atoms. The molecule has 0 unspecified atom stereocenters. The van der Waals surface area contributed by atoms with Gasteiger partial charge in [0.15, 0.2) is 11.6 Å². The van der Waals surface area contributed by atoms with Gasteiger partial charge in [0.1, 0.15) is 0 Å². The predicted molar refractivity (Wildman–Crippen MR) is 82.2 cm³/mol. The molecule has 2 aromatic rings. The van der Waals surface area contributed by atoms with Gasteiger partial charge in [0.25, 0.3) is 0 Å². The third kappa shape index (κ3) is 4.59. The van der Waals surface area contributed by atoms with Crippen molar-refractivity contribution in [3.63, 3.8) is 0 Å². The highest BCUT2D eigenvalue weighted by Crippen LogP contribution is 2.26. The van der Waals surface area contributed by atoms with Crippen LogP contribution in [0.1, 0.15) is 0 Å². The van der Waals surface area contributed by atoms with Crippen LogP contribution < -0.4 is 5.32 Å². The molecule has 2 rings (SSSR count). The van der Waals surface area contributed by atoms with Gasteiger partial charge < -0.3 is 5.32 Å². The van der Waals surface area contributed by atoms with Crippen LogP contribution in [0.15, 0.2) is 41.3 Å². The van der Waals surface area contributed by atoms with Crippen molar-refractivity contribution in [1.82, 2.24) is 0 Å². The third-order valence-electron chi connectivity index (χ3n) is 2.46. The summed E-state index contributed by atoms with van der Waals surface area (Å²) < 4.78 is 25.8. The zero-order chi connectivity index (χ0) is 15.4. The molecular formula is C14H9Cl2F2NOS. The molecule has 0 radical (unpaired) electrons. The van der Waals surface area contributed by atoms with Gasteiger partial charge in [-0.2, -0.15) is 0 Å². The molecule has 0 aliphatic heterocycles. The van der Waals surface area contributed by atoms with E-state index in [9.17, 15) is 13.6 Å². The number of anilines is 1. The second kappa shape index (κ2) is 7.11. The monoisotopic (exact) mass is 347 g/mol. The molecule has 7 heteroatoms. The SMILES string of the molecule is O=C(CSc1ccc(F)c(F)c1)Nc1cc(Cl)ccc1Cl. The topological polar surface area (TPSA) is 29.1 Å². The summed E-state index contributed by atoms with van der Waals surface area (Å²) in [7, 11) is 0. The number of halogens is 4. The molecule has 2 aromatic carbocycles. The van der Waals surface area contributed by atoms with Crippen molar-refractivity contribution in [3.8, 4) is 0 Å². The van der Waals surface area contributed by atoms with Crippen LogP contribution in [0.3, 0.4) is 0 Å². The highest BCUT2D eigenvalue weighted by molar-refractivity contribution is 8.00. The Hall–Kier alpha value is -1.30. The number of amides is 1. The van der Waals surface area contributed by atoms with Gasteiger partial charge in [-0.1, -0.05) is 23.2 Å². The van der Waals surface area contributed by atoms with Crippen molar-refractivity contribution in [2.24, 2.45) is 0 Å².